The lowest BCUT2D eigenvalue weighted by Gasteiger charge is -2.41. The molecule has 0 spiro atoms. The van der Waals surface area contributed by atoms with Crippen LogP contribution in [0.1, 0.15) is 32.6 Å². The molecular weight excluding hydrogens is 276 g/mol. The van der Waals surface area contributed by atoms with Crippen molar-refractivity contribution in [2.45, 2.75) is 38.6 Å². The number of aromatic nitrogens is 4. The van der Waals surface area contributed by atoms with Gasteiger partial charge in [0.2, 0.25) is 0 Å². The monoisotopic (exact) mass is 300 g/mol. The smallest absolute Gasteiger partial charge is 0.177 e. The molecule has 1 saturated heterocycles. The van der Waals surface area contributed by atoms with E-state index in [1.165, 1.54) is 32.2 Å². The van der Waals surface area contributed by atoms with Gasteiger partial charge >= 0.3 is 0 Å². The van der Waals surface area contributed by atoms with E-state index in [9.17, 15) is 0 Å². The highest BCUT2D eigenvalue weighted by Gasteiger charge is 2.27. The van der Waals surface area contributed by atoms with Crippen LogP contribution in [0.15, 0.2) is 18.5 Å². The number of fused-ring (bicyclic) bond motifs is 1. The molecule has 6 heteroatoms. The third kappa shape index (κ3) is 2.67. The topological polar surface area (TPSA) is 49.6 Å². The molecule has 118 valence electrons. The lowest BCUT2D eigenvalue weighted by Crippen LogP contribution is -2.53. The van der Waals surface area contributed by atoms with Crippen molar-refractivity contribution < 1.29 is 0 Å². The van der Waals surface area contributed by atoms with E-state index >= 15 is 0 Å². The zero-order chi connectivity index (χ0) is 14.9. The van der Waals surface area contributed by atoms with Crippen LogP contribution in [0.5, 0.6) is 0 Å². The van der Waals surface area contributed by atoms with Gasteiger partial charge in [0.05, 0.1) is 0 Å². The molecule has 2 aromatic heterocycles. The number of anilines is 1. The summed E-state index contributed by atoms with van der Waals surface area (Å²) in [6.45, 7) is 6.92. The van der Waals surface area contributed by atoms with E-state index in [-0.39, 0.29) is 0 Å². The van der Waals surface area contributed by atoms with Crippen molar-refractivity contribution in [2.24, 2.45) is 5.92 Å². The number of nitrogens with zero attached hydrogens (tertiary/aromatic N) is 6. The predicted octanol–water partition coefficient (Wildman–Crippen LogP) is 1.82. The SMILES string of the molecule is CC1CN(CC2CCCC2)CCN1c1ccc2nncn2n1. The molecule has 0 N–H and O–H groups in total. The first-order valence-electron chi connectivity index (χ1n) is 8.45. The van der Waals surface area contributed by atoms with Crippen LogP contribution in [0.2, 0.25) is 0 Å². The summed E-state index contributed by atoms with van der Waals surface area (Å²) >= 11 is 0. The van der Waals surface area contributed by atoms with Crippen LogP contribution >= 0.6 is 0 Å². The minimum absolute atomic E-state index is 0.497. The Morgan fingerprint density at radius 2 is 2.05 bits per heavy atom. The molecule has 1 saturated carbocycles. The summed E-state index contributed by atoms with van der Waals surface area (Å²) in [6.07, 6.45) is 7.40. The Kier molecular flexibility index (Phi) is 3.70. The fourth-order valence-electron chi connectivity index (χ4n) is 3.97. The number of rotatable bonds is 3. The van der Waals surface area contributed by atoms with E-state index in [1.54, 1.807) is 10.8 Å². The van der Waals surface area contributed by atoms with Gasteiger partial charge in [0.15, 0.2) is 5.65 Å². The molecule has 2 aliphatic rings. The maximum absolute atomic E-state index is 4.64. The Morgan fingerprint density at radius 3 is 2.86 bits per heavy atom. The molecule has 2 aromatic rings. The highest BCUT2D eigenvalue weighted by atomic mass is 15.4. The summed E-state index contributed by atoms with van der Waals surface area (Å²) in [5.41, 5.74) is 0.802. The average molecular weight is 300 g/mol. The van der Waals surface area contributed by atoms with Gasteiger partial charge < -0.3 is 4.90 Å². The van der Waals surface area contributed by atoms with Crippen LogP contribution in [0.3, 0.4) is 0 Å². The second-order valence-corrected chi connectivity index (χ2v) is 6.78. The Hall–Kier alpha value is -1.69. The average Bonchev–Trinajstić information content (AvgIpc) is 3.17. The minimum Gasteiger partial charge on any atom is -0.350 e. The highest BCUT2D eigenvalue weighted by molar-refractivity contribution is 5.46. The molecule has 4 rings (SSSR count). The zero-order valence-electron chi connectivity index (χ0n) is 13.2. The fraction of sp³-hybridized carbons (Fsp3) is 0.688. The zero-order valence-corrected chi connectivity index (χ0v) is 13.2. The van der Waals surface area contributed by atoms with Crippen LogP contribution in [0.4, 0.5) is 5.82 Å². The maximum Gasteiger partial charge on any atom is 0.177 e. The molecule has 0 bridgehead atoms. The summed E-state index contributed by atoms with van der Waals surface area (Å²) in [5.74, 6) is 1.96. The van der Waals surface area contributed by atoms with E-state index in [2.05, 4.69) is 38.1 Å². The molecule has 1 aliphatic carbocycles. The molecule has 1 unspecified atom stereocenters. The molecule has 6 nitrogen and oxygen atoms in total. The third-order valence-electron chi connectivity index (χ3n) is 5.14. The van der Waals surface area contributed by atoms with Gasteiger partial charge in [0.1, 0.15) is 12.1 Å². The van der Waals surface area contributed by atoms with E-state index in [4.69, 9.17) is 0 Å². The molecule has 0 radical (unpaired) electrons. The largest absolute Gasteiger partial charge is 0.350 e. The van der Waals surface area contributed by atoms with E-state index in [0.717, 1.165) is 37.0 Å². The summed E-state index contributed by atoms with van der Waals surface area (Å²) < 4.78 is 1.76. The molecule has 1 atom stereocenters. The van der Waals surface area contributed by atoms with Gasteiger partial charge in [0.25, 0.3) is 0 Å². The molecule has 2 fully saturated rings. The summed E-state index contributed by atoms with van der Waals surface area (Å²) in [5, 5.41) is 12.6. The molecule has 0 amide bonds. The van der Waals surface area contributed by atoms with E-state index in [0.29, 0.717) is 6.04 Å². The summed E-state index contributed by atoms with van der Waals surface area (Å²) in [6, 6.07) is 4.55. The van der Waals surface area contributed by atoms with Crippen LogP contribution in [0, 0.1) is 5.92 Å². The van der Waals surface area contributed by atoms with Crippen molar-refractivity contribution in [3.8, 4) is 0 Å². The van der Waals surface area contributed by atoms with Crippen molar-refractivity contribution in [1.82, 2.24) is 24.7 Å². The number of piperazine rings is 1. The van der Waals surface area contributed by atoms with Crippen LogP contribution in [-0.4, -0.2) is 56.9 Å². The second kappa shape index (κ2) is 5.83. The van der Waals surface area contributed by atoms with Gasteiger partial charge in [-0.1, -0.05) is 12.8 Å². The minimum atomic E-state index is 0.497. The Balaban J connectivity index is 1.43. The second-order valence-electron chi connectivity index (χ2n) is 6.78. The van der Waals surface area contributed by atoms with E-state index in [1.807, 2.05) is 6.07 Å². The predicted molar refractivity (Wildman–Crippen MR) is 86.0 cm³/mol. The molecular formula is C16H24N6. The van der Waals surface area contributed by atoms with Gasteiger partial charge in [-0.2, -0.15) is 4.52 Å². The quantitative estimate of drug-likeness (QED) is 0.865. The van der Waals surface area contributed by atoms with Gasteiger partial charge in [-0.3, -0.25) is 4.90 Å². The van der Waals surface area contributed by atoms with Crippen molar-refractivity contribution >= 4 is 11.5 Å². The van der Waals surface area contributed by atoms with Gasteiger partial charge in [-0.15, -0.1) is 15.3 Å². The van der Waals surface area contributed by atoms with Crippen molar-refractivity contribution in [1.29, 1.82) is 0 Å². The standard InChI is InChI=1S/C16H24N6/c1-13-10-20(11-14-4-2-3-5-14)8-9-21(13)16-7-6-15-18-17-12-22(15)19-16/h6-7,12-14H,2-5,8-11H2,1H3. The Morgan fingerprint density at radius 1 is 1.18 bits per heavy atom. The number of hydrogen-bond acceptors (Lipinski definition) is 5. The third-order valence-corrected chi connectivity index (χ3v) is 5.14. The van der Waals surface area contributed by atoms with Gasteiger partial charge in [-0.25, -0.2) is 0 Å². The van der Waals surface area contributed by atoms with E-state index < -0.39 is 0 Å². The molecule has 1 aliphatic heterocycles. The van der Waals surface area contributed by atoms with Crippen molar-refractivity contribution in [3.05, 3.63) is 18.5 Å². The Labute approximate surface area is 131 Å². The van der Waals surface area contributed by atoms with Crippen LogP contribution in [-0.2, 0) is 0 Å². The molecule has 22 heavy (non-hydrogen) atoms. The molecule has 3 heterocycles. The normalized spacial score (nSPS) is 24.4. The first-order chi connectivity index (χ1) is 10.8. The summed E-state index contributed by atoms with van der Waals surface area (Å²) in [4.78, 5) is 5.05. The van der Waals surface area contributed by atoms with Gasteiger partial charge in [0, 0.05) is 32.2 Å². The lowest BCUT2D eigenvalue weighted by molar-refractivity contribution is 0.196. The molecule has 0 aromatic carbocycles. The van der Waals surface area contributed by atoms with Crippen LogP contribution < -0.4 is 4.90 Å². The first kappa shape index (κ1) is 13.9. The summed E-state index contributed by atoms with van der Waals surface area (Å²) in [7, 11) is 0. The van der Waals surface area contributed by atoms with Crippen LogP contribution in [0.25, 0.3) is 5.65 Å². The maximum atomic E-state index is 4.64. The van der Waals surface area contributed by atoms with Gasteiger partial charge in [-0.05, 0) is 37.8 Å². The lowest BCUT2D eigenvalue weighted by atomic mass is 10.1. The van der Waals surface area contributed by atoms with Crippen molar-refractivity contribution in [2.75, 3.05) is 31.1 Å². The Bertz CT molecular complexity index is 632. The highest BCUT2D eigenvalue weighted by Crippen LogP contribution is 2.27. The first-order valence-corrected chi connectivity index (χ1v) is 8.45. The fourth-order valence-corrected chi connectivity index (χ4v) is 3.97. The van der Waals surface area contributed by atoms with Crippen molar-refractivity contribution in [3.63, 3.8) is 0 Å². The number of hydrogen-bond donors (Lipinski definition) is 0.